The molecule has 9 aromatic carbocycles. The predicted molar refractivity (Wildman–Crippen MR) is 229 cm³/mol. The van der Waals surface area contributed by atoms with E-state index in [1.165, 1.54) is 37.9 Å². The summed E-state index contributed by atoms with van der Waals surface area (Å²) in [6.45, 7) is 0. The lowest BCUT2D eigenvalue weighted by Crippen LogP contribution is -1.94. The Morgan fingerprint density at radius 3 is 1.49 bits per heavy atom. The number of hydrogen-bond donors (Lipinski definition) is 0. The van der Waals surface area contributed by atoms with Crippen LogP contribution in [0.2, 0.25) is 0 Å². The molecule has 256 valence electrons. The standard InChI is InChI=1S/C52H32N2O/c1-3-13-33(14-4-1)34-25-27-36(28-26-34)48-51-49(46-24-12-23-40(50(46)55-51)35-15-5-2-6-16-35)54-52(53-48)39-18-11-17-37(31-39)38-29-30-45-43-21-8-7-19-41(43)42-20-9-10-22-44(42)47(45)32-38/h1-32H. The number of benzene rings is 9. The van der Waals surface area contributed by atoms with Crippen LogP contribution in [0, 0.1) is 0 Å². The molecule has 2 heterocycles. The van der Waals surface area contributed by atoms with Gasteiger partial charge in [-0.3, -0.25) is 0 Å². The number of nitrogens with zero attached hydrogens (tertiary/aromatic N) is 2. The van der Waals surface area contributed by atoms with E-state index in [0.29, 0.717) is 11.4 Å². The first-order valence-corrected chi connectivity index (χ1v) is 18.7. The highest BCUT2D eigenvalue weighted by molar-refractivity contribution is 6.25. The first-order valence-electron chi connectivity index (χ1n) is 18.7. The van der Waals surface area contributed by atoms with Crippen LogP contribution in [-0.4, -0.2) is 9.97 Å². The topological polar surface area (TPSA) is 38.9 Å². The second-order valence-electron chi connectivity index (χ2n) is 14.1. The van der Waals surface area contributed by atoms with Gasteiger partial charge in [-0.2, -0.15) is 0 Å². The average Bonchev–Trinajstić information content (AvgIpc) is 3.66. The van der Waals surface area contributed by atoms with E-state index in [1.54, 1.807) is 0 Å². The number of aromatic nitrogens is 2. The van der Waals surface area contributed by atoms with Gasteiger partial charge in [0.2, 0.25) is 0 Å². The van der Waals surface area contributed by atoms with Crippen molar-refractivity contribution in [2.75, 3.05) is 0 Å². The van der Waals surface area contributed by atoms with Gasteiger partial charge in [0.15, 0.2) is 11.4 Å². The van der Waals surface area contributed by atoms with E-state index in [-0.39, 0.29) is 0 Å². The van der Waals surface area contributed by atoms with Crippen LogP contribution >= 0.6 is 0 Å². The highest BCUT2D eigenvalue weighted by atomic mass is 16.3. The minimum Gasteiger partial charge on any atom is -0.451 e. The van der Waals surface area contributed by atoms with Gasteiger partial charge in [0.25, 0.3) is 0 Å². The minimum atomic E-state index is 0.654. The summed E-state index contributed by atoms with van der Waals surface area (Å²) >= 11 is 0. The Kier molecular flexibility index (Phi) is 7.17. The Bertz CT molecular complexity index is 3200. The highest BCUT2D eigenvalue weighted by Crippen LogP contribution is 2.41. The number of rotatable bonds is 5. The van der Waals surface area contributed by atoms with E-state index in [4.69, 9.17) is 14.4 Å². The van der Waals surface area contributed by atoms with E-state index >= 15 is 0 Å². The van der Waals surface area contributed by atoms with Gasteiger partial charge in [0, 0.05) is 22.1 Å². The van der Waals surface area contributed by atoms with Gasteiger partial charge in [-0.05, 0) is 78.3 Å². The normalized spacial score (nSPS) is 11.6. The predicted octanol–water partition coefficient (Wildman–Crippen LogP) is 14.2. The minimum absolute atomic E-state index is 0.654. The Morgan fingerprint density at radius 2 is 0.782 bits per heavy atom. The number of furan rings is 1. The lowest BCUT2D eigenvalue weighted by atomic mass is 9.92. The van der Waals surface area contributed by atoms with Crippen LogP contribution in [0.3, 0.4) is 0 Å². The molecule has 0 unspecified atom stereocenters. The molecule has 0 spiro atoms. The molecule has 0 amide bonds. The molecule has 11 rings (SSSR count). The van der Waals surface area contributed by atoms with E-state index in [2.05, 4.69) is 182 Å². The fourth-order valence-corrected chi connectivity index (χ4v) is 8.21. The highest BCUT2D eigenvalue weighted by Gasteiger charge is 2.21. The van der Waals surface area contributed by atoms with E-state index in [0.717, 1.165) is 61.1 Å². The van der Waals surface area contributed by atoms with Crippen LogP contribution < -0.4 is 0 Å². The number of hydrogen-bond acceptors (Lipinski definition) is 3. The summed E-state index contributed by atoms with van der Waals surface area (Å²) in [5, 5.41) is 8.54. The molecule has 0 bridgehead atoms. The maximum absolute atomic E-state index is 6.80. The van der Waals surface area contributed by atoms with Crippen LogP contribution in [0.1, 0.15) is 0 Å². The number of para-hydroxylation sites is 1. The summed E-state index contributed by atoms with van der Waals surface area (Å²) in [5.74, 6) is 0.654. The van der Waals surface area contributed by atoms with Crippen molar-refractivity contribution in [1.29, 1.82) is 0 Å². The zero-order chi connectivity index (χ0) is 36.3. The molecule has 11 aromatic rings. The molecular formula is C52H32N2O. The molecule has 3 nitrogen and oxygen atoms in total. The molecule has 55 heavy (non-hydrogen) atoms. The first kappa shape index (κ1) is 31.2. The summed E-state index contributed by atoms with van der Waals surface area (Å²) in [6, 6.07) is 68.6. The van der Waals surface area contributed by atoms with Crippen molar-refractivity contribution in [3.05, 3.63) is 194 Å². The fraction of sp³-hybridized carbons (Fsp3) is 0. The van der Waals surface area contributed by atoms with Gasteiger partial charge in [-0.1, -0.05) is 176 Å². The maximum atomic E-state index is 6.80. The molecule has 0 radical (unpaired) electrons. The maximum Gasteiger partial charge on any atom is 0.180 e. The zero-order valence-corrected chi connectivity index (χ0v) is 29.8. The monoisotopic (exact) mass is 700 g/mol. The zero-order valence-electron chi connectivity index (χ0n) is 29.8. The summed E-state index contributed by atoms with van der Waals surface area (Å²) in [7, 11) is 0. The van der Waals surface area contributed by atoms with Crippen molar-refractivity contribution in [2.45, 2.75) is 0 Å². The number of fused-ring (bicyclic) bond motifs is 9. The van der Waals surface area contributed by atoms with E-state index < -0.39 is 0 Å². The first-order chi connectivity index (χ1) is 27.3. The fourth-order valence-electron chi connectivity index (χ4n) is 8.21. The third-order valence-electron chi connectivity index (χ3n) is 10.9. The van der Waals surface area contributed by atoms with Crippen LogP contribution in [-0.2, 0) is 0 Å². The van der Waals surface area contributed by atoms with E-state index in [9.17, 15) is 0 Å². The molecule has 0 aliphatic rings. The quantitative estimate of drug-likeness (QED) is 0.168. The average molecular weight is 701 g/mol. The van der Waals surface area contributed by atoms with Gasteiger partial charge in [0.05, 0.1) is 0 Å². The second kappa shape index (κ2) is 12.6. The van der Waals surface area contributed by atoms with Crippen molar-refractivity contribution in [1.82, 2.24) is 9.97 Å². The molecule has 0 aliphatic carbocycles. The summed E-state index contributed by atoms with van der Waals surface area (Å²) in [5.41, 5.74) is 11.7. The summed E-state index contributed by atoms with van der Waals surface area (Å²) < 4.78 is 6.80. The molecule has 2 aromatic heterocycles. The van der Waals surface area contributed by atoms with Crippen molar-refractivity contribution >= 4 is 54.4 Å². The van der Waals surface area contributed by atoms with Crippen LogP contribution in [0.4, 0.5) is 0 Å². The van der Waals surface area contributed by atoms with Crippen molar-refractivity contribution in [3.63, 3.8) is 0 Å². The lowest BCUT2D eigenvalue weighted by molar-refractivity contribution is 0.668. The SMILES string of the molecule is c1ccc(-c2ccc(-c3nc(-c4cccc(-c5ccc6c7ccccc7c7ccccc7c6c5)c4)nc4c3oc3c(-c5ccccc5)cccc34)cc2)cc1. The molecule has 0 atom stereocenters. The third-order valence-corrected chi connectivity index (χ3v) is 10.9. The van der Waals surface area contributed by atoms with Crippen molar-refractivity contribution in [2.24, 2.45) is 0 Å². The Labute approximate surface area is 317 Å². The van der Waals surface area contributed by atoms with Gasteiger partial charge >= 0.3 is 0 Å². The van der Waals surface area contributed by atoms with Gasteiger partial charge < -0.3 is 4.42 Å². The molecule has 0 saturated heterocycles. The van der Waals surface area contributed by atoms with Crippen molar-refractivity contribution < 1.29 is 4.42 Å². The molecule has 0 aliphatic heterocycles. The Balaban J connectivity index is 1.10. The smallest absolute Gasteiger partial charge is 0.180 e. The molecule has 0 N–H and O–H groups in total. The lowest BCUT2D eigenvalue weighted by Gasteiger charge is -2.12. The Morgan fingerprint density at radius 1 is 0.291 bits per heavy atom. The van der Waals surface area contributed by atoms with Crippen LogP contribution in [0.5, 0.6) is 0 Å². The molecule has 3 heteroatoms. The third kappa shape index (κ3) is 5.20. The largest absolute Gasteiger partial charge is 0.451 e. The van der Waals surface area contributed by atoms with Gasteiger partial charge in [-0.15, -0.1) is 0 Å². The summed E-state index contributed by atoms with van der Waals surface area (Å²) in [6.07, 6.45) is 0. The van der Waals surface area contributed by atoms with Crippen molar-refractivity contribution in [3.8, 4) is 56.0 Å². The van der Waals surface area contributed by atoms with Crippen LogP contribution in [0.15, 0.2) is 199 Å². The second-order valence-corrected chi connectivity index (χ2v) is 14.1. The Hall–Kier alpha value is -7.36. The molecule has 0 fully saturated rings. The van der Waals surface area contributed by atoms with Gasteiger partial charge in [0.1, 0.15) is 16.8 Å². The molecular weight excluding hydrogens is 669 g/mol. The summed E-state index contributed by atoms with van der Waals surface area (Å²) in [4.78, 5) is 10.6. The molecule has 0 saturated carbocycles. The van der Waals surface area contributed by atoms with Gasteiger partial charge in [-0.25, -0.2) is 9.97 Å². The van der Waals surface area contributed by atoms with Crippen LogP contribution in [0.25, 0.3) is 110 Å². The van der Waals surface area contributed by atoms with E-state index in [1.807, 2.05) is 12.1 Å².